The van der Waals surface area contributed by atoms with Crippen molar-refractivity contribution in [2.24, 2.45) is 10.8 Å². The number of thioether (sulfide) groups is 1. The van der Waals surface area contributed by atoms with E-state index in [1.54, 1.807) is 18.7 Å². The number of aryl methyl sites for hydroxylation is 1. The van der Waals surface area contributed by atoms with Gasteiger partial charge in [-0.05, 0) is 25.4 Å². The van der Waals surface area contributed by atoms with Crippen LogP contribution in [0.3, 0.4) is 0 Å². The van der Waals surface area contributed by atoms with Crippen LogP contribution in [0.15, 0.2) is 14.7 Å². The van der Waals surface area contributed by atoms with Crippen LogP contribution in [0.1, 0.15) is 17.7 Å². The second-order valence-corrected chi connectivity index (χ2v) is 5.05. The third-order valence-electron chi connectivity index (χ3n) is 2.51. The number of nitrogens with one attached hydrogen (secondary N) is 3. The fourth-order valence-electron chi connectivity index (χ4n) is 1.38. The molecule has 1 atom stereocenters. The first-order valence-corrected chi connectivity index (χ1v) is 7.25. The molecule has 9 heteroatoms. The number of hydrazone groups is 1. The van der Waals surface area contributed by atoms with Gasteiger partial charge in [0.25, 0.3) is 11.5 Å². The third-order valence-corrected chi connectivity index (χ3v) is 3.16. The molecule has 20 heavy (non-hydrogen) atoms. The van der Waals surface area contributed by atoms with Crippen LogP contribution in [0.2, 0.25) is 0 Å². The summed E-state index contributed by atoms with van der Waals surface area (Å²) in [6, 6.07) is -0.644. The van der Waals surface area contributed by atoms with E-state index in [9.17, 15) is 14.4 Å². The predicted octanol–water partition coefficient (Wildman–Crippen LogP) is -1.10. The summed E-state index contributed by atoms with van der Waals surface area (Å²) in [6.07, 6.45) is 3.64. The van der Waals surface area contributed by atoms with Crippen LogP contribution in [0.5, 0.6) is 0 Å². The molecule has 0 radical (unpaired) electrons. The summed E-state index contributed by atoms with van der Waals surface area (Å²) in [6.45, 7) is 1.56. The maximum atomic E-state index is 11.6. The minimum atomic E-state index is -0.644. The molecule has 8 nitrogen and oxygen atoms in total. The SMILES string of the molecule is CSCC[C@H](N)C(=O)N/N=C/c1c(C)[nH]c(=O)[nH]c1=O. The highest BCUT2D eigenvalue weighted by Gasteiger charge is 2.11. The van der Waals surface area contributed by atoms with Crippen LogP contribution < -0.4 is 22.4 Å². The molecule has 0 bridgehead atoms. The predicted molar refractivity (Wildman–Crippen MR) is 79.1 cm³/mol. The largest absolute Gasteiger partial charge is 0.325 e. The maximum Gasteiger partial charge on any atom is 0.325 e. The smallest absolute Gasteiger partial charge is 0.320 e. The molecular formula is C11H17N5O3S. The van der Waals surface area contributed by atoms with Crippen LogP contribution in [0, 0.1) is 6.92 Å². The van der Waals surface area contributed by atoms with Crippen LogP contribution in [-0.4, -0.2) is 40.1 Å². The number of carbonyl (C=O) groups excluding carboxylic acids is 1. The van der Waals surface area contributed by atoms with Gasteiger partial charge in [-0.2, -0.15) is 16.9 Å². The molecule has 0 unspecified atom stereocenters. The molecule has 1 rings (SSSR count). The number of nitrogens with two attached hydrogens (primary N) is 1. The van der Waals surface area contributed by atoms with Gasteiger partial charge in [0.15, 0.2) is 0 Å². The molecule has 0 saturated heterocycles. The number of amides is 1. The quantitative estimate of drug-likeness (QED) is 0.391. The highest BCUT2D eigenvalue weighted by atomic mass is 32.2. The van der Waals surface area contributed by atoms with Crippen molar-refractivity contribution in [1.82, 2.24) is 15.4 Å². The first-order valence-electron chi connectivity index (χ1n) is 5.86. The Bertz CT molecular complexity index is 607. The Labute approximate surface area is 119 Å². The van der Waals surface area contributed by atoms with Crippen LogP contribution >= 0.6 is 11.8 Å². The number of hydrogen-bond acceptors (Lipinski definition) is 6. The number of rotatable bonds is 6. The van der Waals surface area contributed by atoms with Crippen LogP contribution in [0.25, 0.3) is 0 Å². The molecule has 0 spiro atoms. The standard InChI is InChI=1S/C11H17N5O3S/c1-6-7(9(17)15-11(19)14-6)5-13-16-10(18)8(12)3-4-20-2/h5,8H,3-4,12H2,1-2H3,(H,16,18)(H2,14,15,17,19)/b13-5+/t8-/m0/s1. The lowest BCUT2D eigenvalue weighted by atomic mass is 10.2. The Morgan fingerprint density at radius 2 is 2.20 bits per heavy atom. The number of H-pyrrole nitrogens is 2. The molecule has 1 heterocycles. The van der Waals surface area contributed by atoms with E-state index in [-0.39, 0.29) is 5.56 Å². The molecule has 110 valence electrons. The van der Waals surface area contributed by atoms with Crippen molar-refractivity contribution in [2.45, 2.75) is 19.4 Å². The number of hydrogen-bond donors (Lipinski definition) is 4. The average molecular weight is 299 g/mol. The lowest BCUT2D eigenvalue weighted by Gasteiger charge is -2.08. The Morgan fingerprint density at radius 1 is 1.50 bits per heavy atom. The summed E-state index contributed by atoms with van der Waals surface area (Å²) in [7, 11) is 0. The molecule has 0 fully saturated rings. The van der Waals surface area contributed by atoms with Gasteiger partial charge < -0.3 is 10.7 Å². The van der Waals surface area contributed by atoms with Crippen molar-refractivity contribution in [3.8, 4) is 0 Å². The first kappa shape index (κ1) is 16.2. The normalized spacial score (nSPS) is 12.6. The molecule has 0 aromatic carbocycles. The van der Waals surface area contributed by atoms with Gasteiger partial charge in [-0.3, -0.25) is 14.6 Å². The molecule has 5 N–H and O–H groups in total. The van der Waals surface area contributed by atoms with Crippen molar-refractivity contribution in [3.63, 3.8) is 0 Å². The van der Waals surface area contributed by atoms with Gasteiger partial charge in [0, 0.05) is 5.69 Å². The number of nitrogens with zero attached hydrogens (tertiary/aromatic N) is 1. The Kier molecular flexibility index (Phi) is 6.19. The summed E-state index contributed by atoms with van der Waals surface area (Å²) in [4.78, 5) is 38.6. The van der Waals surface area contributed by atoms with E-state index in [1.807, 2.05) is 6.26 Å². The number of carbonyl (C=O) groups is 1. The molecule has 0 aliphatic heterocycles. The lowest BCUT2D eigenvalue weighted by molar-refractivity contribution is -0.122. The fourth-order valence-corrected chi connectivity index (χ4v) is 1.87. The summed E-state index contributed by atoms with van der Waals surface area (Å²) in [5.41, 5.74) is 7.28. The van der Waals surface area contributed by atoms with Crippen molar-refractivity contribution in [1.29, 1.82) is 0 Å². The minimum Gasteiger partial charge on any atom is -0.320 e. The van der Waals surface area contributed by atoms with Gasteiger partial charge in [-0.25, -0.2) is 10.2 Å². The molecular weight excluding hydrogens is 282 g/mol. The zero-order valence-corrected chi connectivity index (χ0v) is 12.0. The Hall–Kier alpha value is -1.87. The topological polar surface area (TPSA) is 133 Å². The highest BCUT2D eigenvalue weighted by Crippen LogP contribution is 1.98. The summed E-state index contributed by atoms with van der Waals surface area (Å²) < 4.78 is 0. The van der Waals surface area contributed by atoms with E-state index < -0.39 is 23.2 Å². The van der Waals surface area contributed by atoms with E-state index in [0.29, 0.717) is 12.1 Å². The van der Waals surface area contributed by atoms with E-state index in [1.165, 1.54) is 6.21 Å². The highest BCUT2D eigenvalue weighted by molar-refractivity contribution is 7.98. The molecule has 1 amide bonds. The van der Waals surface area contributed by atoms with Gasteiger partial charge in [-0.15, -0.1) is 0 Å². The summed E-state index contributed by atoms with van der Waals surface area (Å²) in [5, 5.41) is 3.67. The summed E-state index contributed by atoms with van der Waals surface area (Å²) in [5.74, 6) is 0.352. The van der Waals surface area contributed by atoms with Gasteiger partial charge in [0.1, 0.15) is 0 Å². The van der Waals surface area contributed by atoms with Gasteiger partial charge in [0.2, 0.25) is 0 Å². The van der Waals surface area contributed by atoms with Crippen LogP contribution in [-0.2, 0) is 4.79 Å². The van der Waals surface area contributed by atoms with E-state index >= 15 is 0 Å². The fraction of sp³-hybridized carbons (Fsp3) is 0.455. The second-order valence-electron chi connectivity index (χ2n) is 4.07. The second kappa shape index (κ2) is 7.65. The third kappa shape index (κ3) is 4.67. The number of aromatic nitrogens is 2. The molecule has 0 aliphatic rings. The maximum absolute atomic E-state index is 11.6. The van der Waals surface area contributed by atoms with Gasteiger partial charge >= 0.3 is 5.69 Å². The Balaban J connectivity index is 2.68. The lowest BCUT2D eigenvalue weighted by Crippen LogP contribution is -2.38. The molecule has 0 saturated carbocycles. The van der Waals surface area contributed by atoms with Gasteiger partial charge in [0.05, 0.1) is 17.8 Å². The molecule has 0 aliphatic carbocycles. The zero-order chi connectivity index (χ0) is 15.1. The average Bonchev–Trinajstić information content (AvgIpc) is 2.38. The van der Waals surface area contributed by atoms with Crippen molar-refractivity contribution in [3.05, 3.63) is 32.1 Å². The van der Waals surface area contributed by atoms with Crippen molar-refractivity contribution < 1.29 is 4.79 Å². The Morgan fingerprint density at radius 3 is 2.80 bits per heavy atom. The number of aromatic amines is 2. The van der Waals surface area contributed by atoms with Crippen LogP contribution in [0.4, 0.5) is 0 Å². The van der Waals surface area contributed by atoms with Crippen molar-refractivity contribution in [2.75, 3.05) is 12.0 Å². The minimum absolute atomic E-state index is 0.169. The molecule has 1 aromatic rings. The monoisotopic (exact) mass is 299 g/mol. The van der Waals surface area contributed by atoms with E-state index in [0.717, 1.165) is 5.75 Å². The summed E-state index contributed by atoms with van der Waals surface area (Å²) >= 11 is 1.60. The first-order chi connectivity index (χ1) is 9.45. The van der Waals surface area contributed by atoms with Crippen molar-refractivity contribution >= 4 is 23.9 Å². The van der Waals surface area contributed by atoms with E-state index in [4.69, 9.17) is 5.73 Å². The van der Waals surface area contributed by atoms with E-state index in [2.05, 4.69) is 20.5 Å². The van der Waals surface area contributed by atoms with Gasteiger partial charge in [-0.1, -0.05) is 0 Å². The molecule has 1 aromatic heterocycles. The zero-order valence-electron chi connectivity index (χ0n) is 11.2.